The zero-order valence-electron chi connectivity index (χ0n) is 14.8. The van der Waals surface area contributed by atoms with Gasteiger partial charge in [-0.25, -0.2) is 4.68 Å². The highest BCUT2D eigenvalue weighted by atomic mass is 15.3. The molecule has 0 N–H and O–H groups in total. The van der Waals surface area contributed by atoms with Gasteiger partial charge in [0.25, 0.3) is 0 Å². The number of rotatable bonds is 5. The molecular formula is C20H30N2. The first-order chi connectivity index (χ1) is 10.8. The van der Waals surface area contributed by atoms with E-state index in [2.05, 4.69) is 49.8 Å². The Bertz CT molecular complexity index is 606. The van der Waals surface area contributed by atoms with Crippen molar-refractivity contribution in [2.45, 2.75) is 72.6 Å². The van der Waals surface area contributed by atoms with Crippen LogP contribution < -0.4 is 0 Å². The second-order valence-corrected chi connectivity index (χ2v) is 5.92. The normalized spacial score (nSPS) is 13.7. The Balaban J connectivity index is 0.000000847. The predicted octanol–water partition coefficient (Wildman–Crippen LogP) is 5.60. The highest BCUT2D eigenvalue weighted by molar-refractivity contribution is 5.49. The minimum absolute atomic E-state index is 0.775. The summed E-state index contributed by atoms with van der Waals surface area (Å²) in [6, 6.07) is 6.62. The molecular weight excluding hydrogens is 268 g/mol. The van der Waals surface area contributed by atoms with Gasteiger partial charge in [0.1, 0.15) is 0 Å². The van der Waals surface area contributed by atoms with Crippen molar-refractivity contribution in [3.8, 4) is 5.69 Å². The molecule has 1 aromatic heterocycles. The maximum Gasteiger partial charge on any atom is 0.0709 e. The summed E-state index contributed by atoms with van der Waals surface area (Å²) >= 11 is 0. The van der Waals surface area contributed by atoms with E-state index >= 15 is 0 Å². The van der Waals surface area contributed by atoms with Gasteiger partial charge in [-0.2, -0.15) is 5.10 Å². The molecule has 1 aliphatic carbocycles. The summed E-state index contributed by atoms with van der Waals surface area (Å²) in [6.07, 6.45) is 8.15. The van der Waals surface area contributed by atoms with E-state index in [9.17, 15) is 0 Å². The van der Waals surface area contributed by atoms with Crippen molar-refractivity contribution in [1.29, 1.82) is 0 Å². The summed E-state index contributed by atoms with van der Waals surface area (Å²) in [4.78, 5) is 0. The molecule has 1 aromatic carbocycles. The van der Waals surface area contributed by atoms with E-state index < -0.39 is 0 Å². The molecule has 0 atom stereocenters. The van der Waals surface area contributed by atoms with Gasteiger partial charge >= 0.3 is 0 Å². The van der Waals surface area contributed by atoms with Crippen LogP contribution in [0.15, 0.2) is 24.4 Å². The molecule has 0 bridgehead atoms. The van der Waals surface area contributed by atoms with Gasteiger partial charge in [0.2, 0.25) is 0 Å². The molecule has 0 aliphatic heterocycles. The number of hydrogen-bond acceptors (Lipinski definition) is 1. The van der Waals surface area contributed by atoms with Gasteiger partial charge in [0, 0.05) is 5.69 Å². The molecule has 3 rings (SSSR count). The first-order valence-corrected chi connectivity index (χ1v) is 8.91. The standard InChI is InChI=1S/C18H24N2.C2H6/c1-4-7-15-9-6-8-13(3)18(15)20-17(5-2)16(12-19-20)14-10-11-14;1-2/h6,8-9,12,14H,4-5,7,10-11H2,1-3H3;1-2H3. The molecule has 2 aromatic rings. The molecule has 1 heterocycles. The van der Waals surface area contributed by atoms with Crippen molar-refractivity contribution in [3.05, 3.63) is 46.8 Å². The third-order valence-corrected chi connectivity index (χ3v) is 4.31. The Labute approximate surface area is 135 Å². The van der Waals surface area contributed by atoms with Crippen LogP contribution in [0.1, 0.15) is 75.3 Å². The lowest BCUT2D eigenvalue weighted by Gasteiger charge is -2.15. The van der Waals surface area contributed by atoms with Gasteiger partial charge in [-0.15, -0.1) is 0 Å². The second kappa shape index (κ2) is 7.62. The van der Waals surface area contributed by atoms with Gasteiger partial charge in [-0.1, -0.05) is 52.3 Å². The van der Waals surface area contributed by atoms with Crippen molar-refractivity contribution in [2.75, 3.05) is 0 Å². The number of benzene rings is 1. The maximum absolute atomic E-state index is 4.74. The fourth-order valence-electron chi connectivity index (χ4n) is 3.16. The molecule has 0 saturated heterocycles. The third-order valence-electron chi connectivity index (χ3n) is 4.31. The van der Waals surface area contributed by atoms with Crippen LogP contribution in [0.3, 0.4) is 0 Å². The molecule has 1 saturated carbocycles. The number of para-hydroxylation sites is 1. The summed E-state index contributed by atoms with van der Waals surface area (Å²) in [5, 5.41) is 4.74. The van der Waals surface area contributed by atoms with Crippen molar-refractivity contribution < 1.29 is 0 Å². The molecule has 0 spiro atoms. The van der Waals surface area contributed by atoms with Crippen molar-refractivity contribution in [2.24, 2.45) is 0 Å². The van der Waals surface area contributed by atoms with Gasteiger partial charge in [0.15, 0.2) is 0 Å². The van der Waals surface area contributed by atoms with Crippen LogP contribution in [-0.4, -0.2) is 9.78 Å². The fourth-order valence-corrected chi connectivity index (χ4v) is 3.16. The van der Waals surface area contributed by atoms with E-state index in [4.69, 9.17) is 5.10 Å². The average Bonchev–Trinajstić information content (AvgIpc) is 3.30. The number of aryl methyl sites for hydroxylation is 2. The van der Waals surface area contributed by atoms with Crippen molar-refractivity contribution >= 4 is 0 Å². The van der Waals surface area contributed by atoms with Gasteiger partial charge in [-0.3, -0.25) is 0 Å². The van der Waals surface area contributed by atoms with Crippen molar-refractivity contribution in [1.82, 2.24) is 9.78 Å². The highest BCUT2D eigenvalue weighted by Gasteiger charge is 2.28. The predicted molar refractivity (Wildman–Crippen MR) is 95.0 cm³/mol. The quantitative estimate of drug-likeness (QED) is 0.702. The first kappa shape index (κ1) is 16.8. The van der Waals surface area contributed by atoms with E-state index in [0.717, 1.165) is 18.8 Å². The molecule has 2 nitrogen and oxygen atoms in total. The Hall–Kier alpha value is -1.57. The summed E-state index contributed by atoms with van der Waals surface area (Å²) in [7, 11) is 0. The van der Waals surface area contributed by atoms with E-state index in [-0.39, 0.29) is 0 Å². The molecule has 22 heavy (non-hydrogen) atoms. The van der Waals surface area contributed by atoms with Crippen LogP contribution in [-0.2, 0) is 12.8 Å². The smallest absolute Gasteiger partial charge is 0.0709 e. The van der Waals surface area contributed by atoms with Gasteiger partial charge < -0.3 is 0 Å². The summed E-state index contributed by atoms with van der Waals surface area (Å²) < 4.78 is 2.22. The maximum atomic E-state index is 4.74. The van der Waals surface area contributed by atoms with E-state index in [1.165, 1.54) is 47.3 Å². The van der Waals surface area contributed by atoms with Crippen LogP contribution in [0.25, 0.3) is 5.69 Å². The number of nitrogens with zero attached hydrogens (tertiary/aromatic N) is 2. The molecule has 0 radical (unpaired) electrons. The monoisotopic (exact) mass is 298 g/mol. The van der Waals surface area contributed by atoms with Crippen LogP contribution >= 0.6 is 0 Å². The Morgan fingerprint density at radius 3 is 2.50 bits per heavy atom. The lowest BCUT2D eigenvalue weighted by Crippen LogP contribution is -2.08. The van der Waals surface area contributed by atoms with Crippen LogP contribution in [0.4, 0.5) is 0 Å². The van der Waals surface area contributed by atoms with Gasteiger partial charge in [0.05, 0.1) is 11.9 Å². The zero-order valence-corrected chi connectivity index (χ0v) is 14.8. The lowest BCUT2D eigenvalue weighted by atomic mass is 10.0. The summed E-state index contributed by atoms with van der Waals surface area (Å²) in [6.45, 7) is 10.7. The number of hydrogen-bond donors (Lipinski definition) is 0. The minimum Gasteiger partial charge on any atom is -0.237 e. The Kier molecular flexibility index (Phi) is 5.82. The Morgan fingerprint density at radius 1 is 1.18 bits per heavy atom. The number of aromatic nitrogens is 2. The Morgan fingerprint density at radius 2 is 1.91 bits per heavy atom. The van der Waals surface area contributed by atoms with E-state index in [0.29, 0.717) is 0 Å². The molecule has 0 amide bonds. The highest BCUT2D eigenvalue weighted by Crippen LogP contribution is 2.42. The molecule has 0 unspecified atom stereocenters. The molecule has 1 aliphatic rings. The zero-order chi connectivity index (χ0) is 16.1. The van der Waals surface area contributed by atoms with Crippen molar-refractivity contribution in [3.63, 3.8) is 0 Å². The first-order valence-electron chi connectivity index (χ1n) is 8.91. The van der Waals surface area contributed by atoms with Gasteiger partial charge in [-0.05, 0) is 55.2 Å². The molecule has 2 heteroatoms. The largest absolute Gasteiger partial charge is 0.237 e. The van der Waals surface area contributed by atoms with E-state index in [1.54, 1.807) is 0 Å². The van der Waals surface area contributed by atoms with Crippen LogP contribution in [0.5, 0.6) is 0 Å². The average molecular weight is 298 g/mol. The molecule has 120 valence electrons. The topological polar surface area (TPSA) is 17.8 Å². The summed E-state index contributed by atoms with van der Waals surface area (Å²) in [5.74, 6) is 0.775. The fraction of sp³-hybridized carbons (Fsp3) is 0.550. The summed E-state index contributed by atoms with van der Waals surface area (Å²) in [5.41, 5.74) is 6.97. The van der Waals surface area contributed by atoms with E-state index in [1.807, 2.05) is 13.8 Å². The van der Waals surface area contributed by atoms with Crippen LogP contribution in [0.2, 0.25) is 0 Å². The minimum atomic E-state index is 0.775. The van der Waals surface area contributed by atoms with Crippen LogP contribution in [0, 0.1) is 6.92 Å². The third kappa shape index (κ3) is 3.26. The lowest BCUT2D eigenvalue weighted by molar-refractivity contribution is 0.782. The molecule has 1 fully saturated rings. The SMILES string of the molecule is CC.CCCc1cccc(C)c1-n1ncc(C2CC2)c1CC. The second-order valence-electron chi connectivity index (χ2n) is 5.92.